The van der Waals surface area contributed by atoms with E-state index in [-0.39, 0.29) is 17.6 Å². The summed E-state index contributed by atoms with van der Waals surface area (Å²) in [6.07, 6.45) is 0.880. The van der Waals surface area contributed by atoms with Crippen molar-refractivity contribution in [1.82, 2.24) is 15.5 Å². The number of amides is 1. The molecule has 1 aromatic heterocycles. The summed E-state index contributed by atoms with van der Waals surface area (Å²) in [6.45, 7) is 4.71. The minimum atomic E-state index is -0.397. The van der Waals surface area contributed by atoms with Gasteiger partial charge in [-0.1, -0.05) is 13.8 Å². The molecule has 2 aromatic rings. The van der Waals surface area contributed by atoms with Gasteiger partial charge in [-0.25, -0.2) is 4.39 Å². The molecule has 0 aliphatic rings. The number of nitrogens with one attached hydrogen (secondary N) is 1. The number of hydrogen-bond acceptors (Lipinski definition) is 4. The number of carbonyl (C=O) groups is 1. The third-order valence-electron chi connectivity index (χ3n) is 2.72. The fourth-order valence-electron chi connectivity index (χ4n) is 1.57. The maximum absolute atomic E-state index is 12.8. The highest BCUT2D eigenvalue weighted by Crippen LogP contribution is 2.17. The Labute approximate surface area is 116 Å². The SMILES string of the molecule is CC(C)CCNC(=O)c1nnc(-c2ccc(F)cc2)o1. The molecule has 106 valence electrons. The van der Waals surface area contributed by atoms with Crippen LogP contribution in [0.25, 0.3) is 11.5 Å². The summed E-state index contributed by atoms with van der Waals surface area (Å²) < 4.78 is 18.1. The molecule has 1 amide bonds. The van der Waals surface area contributed by atoms with Crippen molar-refractivity contribution in [3.05, 3.63) is 36.0 Å². The second-order valence-electron chi connectivity index (χ2n) is 4.86. The van der Waals surface area contributed by atoms with E-state index in [2.05, 4.69) is 29.4 Å². The maximum Gasteiger partial charge on any atom is 0.308 e. The van der Waals surface area contributed by atoms with Crippen LogP contribution in [0.4, 0.5) is 4.39 Å². The largest absolute Gasteiger partial charge is 0.412 e. The van der Waals surface area contributed by atoms with E-state index in [4.69, 9.17) is 4.42 Å². The van der Waals surface area contributed by atoms with Gasteiger partial charge in [-0.05, 0) is 36.6 Å². The van der Waals surface area contributed by atoms with Gasteiger partial charge in [-0.15, -0.1) is 10.2 Å². The normalized spacial score (nSPS) is 10.8. The highest BCUT2D eigenvalue weighted by atomic mass is 19.1. The zero-order valence-electron chi connectivity index (χ0n) is 11.4. The number of benzene rings is 1. The van der Waals surface area contributed by atoms with Crippen molar-refractivity contribution in [1.29, 1.82) is 0 Å². The third kappa shape index (κ3) is 3.63. The summed E-state index contributed by atoms with van der Waals surface area (Å²) in [7, 11) is 0. The Morgan fingerprint density at radius 1 is 1.30 bits per heavy atom. The average Bonchev–Trinajstić information content (AvgIpc) is 2.88. The molecule has 0 saturated heterocycles. The van der Waals surface area contributed by atoms with Crippen LogP contribution in [0.5, 0.6) is 0 Å². The first kappa shape index (κ1) is 14.2. The third-order valence-corrected chi connectivity index (χ3v) is 2.72. The van der Waals surface area contributed by atoms with Crippen molar-refractivity contribution < 1.29 is 13.6 Å². The summed E-state index contributed by atoms with van der Waals surface area (Å²) in [4.78, 5) is 11.8. The number of aromatic nitrogens is 2. The number of halogens is 1. The molecule has 5 nitrogen and oxygen atoms in total. The van der Waals surface area contributed by atoms with Crippen LogP contribution in [-0.2, 0) is 0 Å². The quantitative estimate of drug-likeness (QED) is 0.912. The molecule has 6 heteroatoms. The lowest BCUT2D eigenvalue weighted by atomic mass is 10.1. The van der Waals surface area contributed by atoms with Crippen LogP contribution >= 0.6 is 0 Å². The zero-order valence-corrected chi connectivity index (χ0v) is 11.4. The topological polar surface area (TPSA) is 68.0 Å². The van der Waals surface area contributed by atoms with Crippen molar-refractivity contribution in [3.8, 4) is 11.5 Å². The molecule has 0 aliphatic heterocycles. The Morgan fingerprint density at radius 3 is 2.65 bits per heavy atom. The van der Waals surface area contributed by atoms with Crippen LogP contribution < -0.4 is 5.32 Å². The minimum Gasteiger partial charge on any atom is -0.412 e. The summed E-state index contributed by atoms with van der Waals surface area (Å²) in [5.74, 6) is -0.133. The van der Waals surface area contributed by atoms with Gasteiger partial charge in [0.05, 0.1) is 0 Å². The monoisotopic (exact) mass is 277 g/mol. The molecule has 1 aromatic carbocycles. The fourth-order valence-corrected chi connectivity index (χ4v) is 1.57. The molecular formula is C14H16FN3O2. The molecule has 0 saturated carbocycles. The van der Waals surface area contributed by atoms with Crippen LogP contribution in [0.1, 0.15) is 31.0 Å². The molecule has 0 spiro atoms. The van der Waals surface area contributed by atoms with Crippen molar-refractivity contribution >= 4 is 5.91 Å². The Kier molecular flexibility index (Phi) is 4.45. The van der Waals surface area contributed by atoms with Crippen molar-refractivity contribution in [2.24, 2.45) is 5.92 Å². The molecule has 1 heterocycles. The van der Waals surface area contributed by atoms with Gasteiger partial charge in [0.1, 0.15) is 5.82 Å². The van der Waals surface area contributed by atoms with E-state index >= 15 is 0 Å². The molecule has 20 heavy (non-hydrogen) atoms. The Hall–Kier alpha value is -2.24. The Bertz CT molecular complexity index is 578. The van der Waals surface area contributed by atoms with E-state index in [0.29, 0.717) is 18.0 Å². The standard InChI is InChI=1S/C14H16FN3O2/c1-9(2)7-8-16-12(19)14-18-17-13(20-14)10-3-5-11(15)6-4-10/h3-6,9H,7-8H2,1-2H3,(H,16,19). The first-order valence-electron chi connectivity index (χ1n) is 6.44. The van der Waals surface area contributed by atoms with Gasteiger partial charge in [-0.3, -0.25) is 4.79 Å². The average molecular weight is 277 g/mol. The van der Waals surface area contributed by atoms with Gasteiger partial charge < -0.3 is 9.73 Å². The molecule has 0 aliphatic carbocycles. The van der Waals surface area contributed by atoms with Gasteiger partial charge in [0.15, 0.2) is 0 Å². The van der Waals surface area contributed by atoms with Crippen LogP contribution in [0.3, 0.4) is 0 Å². The van der Waals surface area contributed by atoms with Crippen LogP contribution in [0, 0.1) is 11.7 Å². The molecule has 0 radical (unpaired) electrons. The highest BCUT2D eigenvalue weighted by molar-refractivity contribution is 5.89. The van der Waals surface area contributed by atoms with E-state index in [9.17, 15) is 9.18 Å². The second kappa shape index (κ2) is 6.27. The Morgan fingerprint density at radius 2 is 2.00 bits per heavy atom. The second-order valence-corrected chi connectivity index (χ2v) is 4.86. The molecule has 2 rings (SSSR count). The van der Waals surface area contributed by atoms with Crippen LogP contribution in [-0.4, -0.2) is 22.6 Å². The summed E-state index contributed by atoms with van der Waals surface area (Å²) in [6, 6.07) is 5.62. The van der Waals surface area contributed by atoms with Crippen molar-refractivity contribution in [2.45, 2.75) is 20.3 Å². The van der Waals surface area contributed by atoms with E-state index in [1.54, 1.807) is 0 Å². The first-order chi connectivity index (χ1) is 9.56. The predicted molar refractivity (Wildman–Crippen MR) is 71.5 cm³/mol. The van der Waals surface area contributed by atoms with Gasteiger partial charge >= 0.3 is 11.8 Å². The molecule has 0 bridgehead atoms. The molecular weight excluding hydrogens is 261 g/mol. The van der Waals surface area contributed by atoms with E-state index in [1.807, 2.05) is 0 Å². The number of carbonyl (C=O) groups excluding carboxylic acids is 1. The Balaban J connectivity index is 2.01. The van der Waals surface area contributed by atoms with E-state index in [0.717, 1.165) is 6.42 Å². The number of nitrogens with zero attached hydrogens (tertiary/aromatic N) is 2. The van der Waals surface area contributed by atoms with Crippen LogP contribution in [0.15, 0.2) is 28.7 Å². The zero-order chi connectivity index (χ0) is 14.5. The van der Waals surface area contributed by atoms with Gasteiger partial charge in [0.2, 0.25) is 5.89 Å². The molecule has 0 atom stereocenters. The van der Waals surface area contributed by atoms with Crippen molar-refractivity contribution in [2.75, 3.05) is 6.54 Å². The molecule has 0 unspecified atom stereocenters. The number of rotatable bonds is 5. The molecule has 1 N–H and O–H groups in total. The van der Waals surface area contributed by atoms with Gasteiger partial charge in [0, 0.05) is 12.1 Å². The summed E-state index contributed by atoms with van der Waals surface area (Å²) >= 11 is 0. The summed E-state index contributed by atoms with van der Waals surface area (Å²) in [5, 5.41) is 10.2. The lowest BCUT2D eigenvalue weighted by Gasteiger charge is -2.04. The van der Waals surface area contributed by atoms with E-state index in [1.165, 1.54) is 24.3 Å². The fraction of sp³-hybridized carbons (Fsp3) is 0.357. The maximum atomic E-state index is 12.8. The minimum absolute atomic E-state index is 0.0897. The molecule has 0 fully saturated rings. The van der Waals surface area contributed by atoms with Crippen LogP contribution in [0.2, 0.25) is 0 Å². The smallest absolute Gasteiger partial charge is 0.308 e. The van der Waals surface area contributed by atoms with Gasteiger partial charge in [0.25, 0.3) is 0 Å². The first-order valence-corrected chi connectivity index (χ1v) is 6.44. The lowest BCUT2D eigenvalue weighted by Crippen LogP contribution is -2.25. The predicted octanol–water partition coefficient (Wildman–Crippen LogP) is 2.65. The summed E-state index contributed by atoms with van der Waals surface area (Å²) in [5.41, 5.74) is 0.570. The van der Waals surface area contributed by atoms with Gasteiger partial charge in [-0.2, -0.15) is 0 Å². The van der Waals surface area contributed by atoms with E-state index < -0.39 is 5.91 Å². The lowest BCUT2D eigenvalue weighted by molar-refractivity contribution is 0.0918. The number of hydrogen-bond donors (Lipinski definition) is 1. The highest BCUT2D eigenvalue weighted by Gasteiger charge is 2.15. The van der Waals surface area contributed by atoms with Crippen molar-refractivity contribution in [3.63, 3.8) is 0 Å².